The second kappa shape index (κ2) is 8.74. The smallest absolute Gasteiger partial charge is 0.262 e. The molecule has 0 radical (unpaired) electrons. The van der Waals surface area contributed by atoms with E-state index in [4.69, 9.17) is 4.98 Å². The van der Waals surface area contributed by atoms with E-state index in [9.17, 15) is 9.59 Å². The third kappa shape index (κ3) is 3.91. The summed E-state index contributed by atoms with van der Waals surface area (Å²) >= 11 is 1.45. The molecule has 1 aliphatic heterocycles. The van der Waals surface area contributed by atoms with Gasteiger partial charge in [0.15, 0.2) is 5.16 Å². The number of amides is 1. The van der Waals surface area contributed by atoms with Crippen LogP contribution in [0.3, 0.4) is 0 Å². The summed E-state index contributed by atoms with van der Waals surface area (Å²) in [5.74, 6) is 2.08. The van der Waals surface area contributed by atoms with Gasteiger partial charge in [0.25, 0.3) is 5.56 Å². The molecule has 2 atom stereocenters. The molecule has 2 aromatic rings. The molecular formula is C24H31N3O2S. The van der Waals surface area contributed by atoms with E-state index < -0.39 is 0 Å². The fourth-order valence-electron chi connectivity index (χ4n) is 5.76. The summed E-state index contributed by atoms with van der Waals surface area (Å²) in [4.78, 5) is 33.2. The average molecular weight is 426 g/mol. The summed E-state index contributed by atoms with van der Waals surface area (Å²) in [5, 5.41) is 1.39. The van der Waals surface area contributed by atoms with Crippen LogP contribution in [0.2, 0.25) is 0 Å². The Hall–Kier alpha value is -1.82. The van der Waals surface area contributed by atoms with Gasteiger partial charge in [-0.1, -0.05) is 56.0 Å². The highest BCUT2D eigenvalue weighted by Gasteiger charge is 2.33. The molecule has 30 heavy (non-hydrogen) atoms. The first kappa shape index (κ1) is 20.1. The van der Waals surface area contributed by atoms with Crippen molar-refractivity contribution in [1.29, 1.82) is 0 Å². The van der Waals surface area contributed by atoms with Gasteiger partial charge in [-0.05, 0) is 49.7 Å². The number of hydrogen-bond donors (Lipinski definition) is 0. The second-order valence-corrected chi connectivity index (χ2v) is 10.2. The Morgan fingerprint density at radius 2 is 1.73 bits per heavy atom. The van der Waals surface area contributed by atoms with Gasteiger partial charge in [0.05, 0.1) is 16.7 Å². The molecule has 1 saturated heterocycles. The van der Waals surface area contributed by atoms with E-state index in [2.05, 4.69) is 4.90 Å². The van der Waals surface area contributed by atoms with E-state index in [1.807, 2.05) is 28.8 Å². The predicted molar refractivity (Wildman–Crippen MR) is 121 cm³/mol. The van der Waals surface area contributed by atoms with Crippen molar-refractivity contribution in [2.24, 2.45) is 11.8 Å². The Morgan fingerprint density at radius 3 is 2.57 bits per heavy atom. The van der Waals surface area contributed by atoms with Crippen molar-refractivity contribution in [1.82, 2.24) is 14.5 Å². The van der Waals surface area contributed by atoms with E-state index in [-0.39, 0.29) is 17.5 Å². The molecule has 2 aliphatic carbocycles. The van der Waals surface area contributed by atoms with E-state index in [1.165, 1.54) is 37.4 Å². The van der Waals surface area contributed by atoms with Crippen molar-refractivity contribution < 1.29 is 4.79 Å². The Bertz CT molecular complexity index is 982. The van der Waals surface area contributed by atoms with E-state index in [0.717, 1.165) is 56.6 Å². The third-order valence-electron chi connectivity index (χ3n) is 7.43. The molecule has 3 fully saturated rings. The van der Waals surface area contributed by atoms with Crippen LogP contribution in [0, 0.1) is 11.8 Å². The van der Waals surface area contributed by atoms with Crippen LogP contribution in [0.25, 0.3) is 10.9 Å². The molecule has 0 bridgehead atoms. The lowest BCUT2D eigenvalue weighted by Crippen LogP contribution is -2.45. The number of benzene rings is 1. The molecule has 2 saturated carbocycles. The predicted octanol–water partition coefficient (Wildman–Crippen LogP) is 4.64. The number of piperidine rings is 1. The molecule has 5 rings (SSSR count). The number of carbonyl (C=O) groups is 1. The molecule has 0 unspecified atom stereocenters. The molecule has 6 heteroatoms. The molecular weight excluding hydrogens is 394 g/mol. The van der Waals surface area contributed by atoms with Gasteiger partial charge in [-0.15, -0.1) is 0 Å². The van der Waals surface area contributed by atoms with E-state index in [1.54, 1.807) is 0 Å². The Kier molecular flexibility index (Phi) is 5.85. The summed E-state index contributed by atoms with van der Waals surface area (Å²) in [5.41, 5.74) is 0.778. The lowest BCUT2D eigenvalue weighted by molar-refractivity contribution is -0.131. The number of nitrogens with zero attached hydrogens (tertiary/aromatic N) is 3. The van der Waals surface area contributed by atoms with Crippen LogP contribution in [-0.4, -0.2) is 39.2 Å². The second-order valence-electron chi connectivity index (χ2n) is 9.25. The molecule has 1 amide bonds. The van der Waals surface area contributed by atoms with Gasteiger partial charge in [0.2, 0.25) is 5.91 Å². The Morgan fingerprint density at radius 1 is 1.00 bits per heavy atom. The molecule has 160 valence electrons. The van der Waals surface area contributed by atoms with Crippen LogP contribution in [0.4, 0.5) is 0 Å². The van der Waals surface area contributed by atoms with Gasteiger partial charge in [0, 0.05) is 19.1 Å². The van der Waals surface area contributed by atoms with Gasteiger partial charge < -0.3 is 4.90 Å². The lowest BCUT2D eigenvalue weighted by Gasteiger charge is -2.41. The number of aromatic nitrogens is 2. The van der Waals surface area contributed by atoms with Gasteiger partial charge in [-0.2, -0.15) is 0 Å². The van der Waals surface area contributed by atoms with Crippen LogP contribution in [0.5, 0.6) is 0 Å². The fraction of sp³-hybridized carbons (Fsp3) is 0.625. The fourth-order valence-corrected chi connectivity index (χ4v) is 6.73. The van der Waals surface area contributed by atoms with Gasteiger partial charge in [-0.25, -0.2) is 4.98 Å². The number of likely N-dealkylation sites (tertiary alicyclic amines) is 1. The van der Waals surface area contributed by atoms with Gasteiger partial charge in [-0.3, -0.25) is 14.2 Å². The van der Waals surface area contributed by atoms with Crippen LogP contribution in [0.15, 0.2) is 34.2 Å². The topological polar surface area (TPSA) is 55.2 Å². The highest BCUT2D eigenvalue weighted by atomic mass is 32.2. The Labute approximate surface area is 182 Å². The first-order valence-electron chi connectivity index (χ1n) is 11.6. The first-order valence-corrected chi connectivity index (χ1v) is 12.6. The van der Waals surface area contributed by atoms with Crippen molar-refractivity contribution in [2.45, 2.75) is 69.0 Å². The van der Waals surface area contributed by atoms with Crippen LogP contribution >= 0.6 is 11.8 Å². The standard InChI is InChI=1S/C24H31N3O2S/c28-22(26-14-13-17-7-1-2-8-18(17)15-26)16-30-24-25-21-12-6-5-11-20(21)23(29)27(24)19-9-3-4-10-19/h5-6,11-12,17-19H,1-4,7-10,13-16H2/t17-,18-/m1/s1. The van der Waals surface area contributed by atoms with Crippen molar-refractivity contribution in [3.8, 4) is 0 Å². The molecule has 5 nitrogen and oxygen atoms in total. The molecule has 1 aromatic heterocycles. The first-order chi connectivity index (χ1) is 14.7. The van der Waals surface area contributed by atoms with Crippen molar-refractivity contribution in [2.75, 3.05) is 18.8 Å². The molecule has 2 heterocycles. The minimum absolute atomic E-state index is 0.0467. The van der Waals surface area contributed by atoms with Crippen LogP contribution in [-0.2, 0) is 4.79 Å². The average Bonchev–Trinajstić information content (AvgIpc) is 3.31. The van der Waals surface area contributed by atoms with Crippen LogP contribution in [0.1, 0.15) is 63.8 Å². The minimum Gasteiger partial charge on any atom is -0.342 e. The molecule has 1 aromatic carbocycles. The van der Waals surface area contributed by atoms with Gasteiger partial charge >= 0.3 is 0 Å². The molecule has 0 N–H and O–H groups in total. The largest absolute Gasteiger partial charge is 0.342 e. The maximum atomic E-state index is 13.3. The van der Waals surface area contributed by atoms with Crippen LogP contribution < -0.4 is 5.56 Å². The number of fused-ring (bicyclic) bond motifs is 2. The maximum absolute atomic E-state index is 13.3. The third-order valence-corrected chi connectivity index (χ3v) is 8.37. The van der Waals surface area contributed by atoms with E-state index >= 15 is 0 Å². The highest BCUT2D eigenvalue weighted by molar-refractivity contribution is 7.99. The number of para-hydroxylation sites is 1. The minimum atomic E-state index is 0.0467. The summed E-state index contributed by atoms with van der Waals surface area (Å²) in [6.07, 6.45) is 10.8. The zero-order chi connectivity index (χ0) is 20.5. The summed E-state index contributed by atoms with van der Waals surface area (Å²) in [6.45, 7) is 1.81. The maximum Gasteiger partial charge on any atom is 0.262 e. The molecule has 3 aliphatic rings. The van der Waals surface area contributed by atoms with Crippen molar-refractivity contribution in [3.63, 3.8) is 0 Å². The summed E-state index contributed by atoms with van der Waals surface area (Å²) < 4.78 is 1.89. The number of rotatable bonds is 4. The monoisotopic (exact) mass is 425 g/mol. The van der Waals surface area contributed by atoms with E-state index in [0.29, 0.717) is 22.2 Å². The Balaban J connectivity index is 1.35. The SMILES string of the molecule is O=C(CSc1nc2ccccc2c(=O)n1C1CCCC1)N1CC[C@H]2CCCC[C@@H]2C1. The zero-order valence-corrected chi connectivity index (χ0v) is 18.4. The quantitative estimate of drug-likeness (QED) is 0.529. The zero-order valence-electron chi connectivity index (χ0n) is 17.6. The van der Waals surface area contributed by atoms with Crippen molar-refractivity contribution in [3.05, 3.63) is 34.6 Å². The number of carbonyl (C=O) groups excluding carboxylic acids is 1. The summed E-state index contributed by atoms with van der Waals surface area (Å²) in [6, 6.07) is 7.79. The summed E-state index contributed by atoms with van der Waals surface area (Å²) in [7, 11) is 0. The van der Waals surface area contributed by atoms with Crippen molar-refractivity contribution >= 4 is 28.6 Å². The lowest BCUT2D eigenvalue weighted by atomic mass is 9.75. The molecule has 0 spiro atoms. The normalized spacial score (nSPS) is 24.9. The van der Waals surface area contributed by atoms with Gasteiger partial charge in [0.1, 0.15) is 0 Å². The number of thioether (sulfide) groups is 1. The number of hydrogen-bond acceptors (Lipinski definition) is 4. The highest BCUT2D eigenvalue weighted by Crippen LogP contribution is 2.36.